The van der Waals surface area contributed by atoms with Gasteiger partial charge in [0.25, 0.3) is 0 Å². The van der Waals surface area contributed by atoms with E-state index >= 15 is 0 Å². The minimum Gasteiger partial charge on any atom is -0.375 e. The van der Waals surface area contributed by atoms with E-state index in [0.29, 0.717) is 0 Å². The Kier molecular flexibility index (Phi) is 3.27. The van der Waals surface area contributed by atoms with Gasteiger partial charge in [-0.15, -0.1) is 0 Å². The van der Waals surface area contributed by atoms with E-state index in [9.17, 15) is 0 Å². The van der Waals surface area contributed by atoms with Gasteiger partial charge >= 0.3 is 6.85 Å². The highest BCUT2D eigenvalue weighted by molar-refractivity contribution is 7.99. The van der Waals surface area contributed by atoms with Crippen molar-refractivity contribution >= 4 is 68.4 Å². The summed E-state index contributed by atoms with van der Waals surface area (Å²) in [5.74, 6) is 0. The molecule has 4 heterocycles. The molecule has 2 nitrogen and oxygen atoms in total. The lowest BCUT2D eigenvalue weighted by Crippen LogP contribution is -2.57. The summed E-state index contributed by atoms with van der Waals surface area (Å²) in [6.07, 6.45) is 0. The third kappa shape index (κ3) is 2.11. The Morgan fingerprint density at radius 2 is 1.49 bits per heavy atom. The van der Waals surface area contributed by atoms with Gasteiger partial charge in [-0.05, 0) is 59.3 Å². The van der Waals surface area contributed by atoms with E-state index in [2.05, 4.69) is 113 Å². The molecule has 0 amide bonds. The summed E-state index contributed by atoms with van der Waals surface area (Å²) < 4.78 is 2.62. The molecule has 0 fully saturated rings. The zero-order valence-electron chi connectivity index (χ0n) is 19.1. The summed E-state index contributed by atoms with van der Waals surface area (Å²) >= 11 is 1.90. The van der Waals surface area contributed by atoms with Crippen LogP contribution in [-0.4, -0.2) is 11.3 Å². The van der Waals surface area contributed by atoms with Crippen LogP contribution in [0.1, 0.15) is 5.56 Å². The first kappa shape index (κ1) is 18.4. The van der Waals surface area contributed by atoms with Gasteiger partial charge in [0.2, 0.25) is 0 Å². The summed E-state index contributed by atoms with van der Waals surface area (Å²) in [6.45, 7) is 2.39. The van der Waals surface area contributed by atoms with Crippen molar-refractivity contribution in [2.45, 2.75) is 16.7 Å². The van der Waals surface area contributed by atoms with Crippen molar-refractivity contribution in [1.29, 1.82) is 0 Å². The normalized spacial score (nSPS) is 14.2. The van der Waals surface area contributed by atoms with Crippen molar-refractivity contribution in [2.75, 3.05) is 4.90 Å². The predicted molar refractivity (Wildman–Crippen MR) is 149 cm³/mol. The van der Waals surface area contributed by atoms with E-state index in [1.807, 2.05) is 11.8 Å². The number of hydrogen-bond acceptors (Lipinski definition) is 2. The molecule has 0 radical (unpaired) electrons. The van der Waals surface area contributed by atoms with Crippen molar-refractivity contribution in [2.24, 2.45) is 0 Å². The molecule has 0 N–H and O–H groups in total. The minimum absolute atomic E-state index is 0.148. The van der Waals surface area contributed by atoms with Gasteiger partial charge in [-0.2, -0.15) is 0 Å². The molecule has 1 aromatic heterocycles. The fourth-order valence-electron chi connectivity index (χ4n) is 6.73. The maximum Gasteiger partial charge on any atom is 0.333 e. The molecule has 5 aromatic carbocycles. The van der Waals surface area contributed by atoms with Crippen LogP contribution in [-0.2, 0) is 0 Å². The predicted octanol–water partition coefficient (Wildman–Crippen LogP) is 6.99. The molecule has 0 aliphatic carbocycles. The maximum absolute atomic E-state index is 2.62. The highest BCUT2D eigenvalue weighted by Gasteiger charge is 2.44. The van der Waals surface area contributed by atoms with Crippen molar-refractivity contribution in [3.05, 3.63) is 103 Å². The molecular formula is C31H19BN2S. The summed E-state index contributed by atoms with van der Waals surface area (Å²) in [6, 6.07) is 36.3. The van der Waals surface area contributed by atoms with Gasteiger partial charge in [0.05, 0.1) is 11.4 Å². The molecule has 9 rings (SSSR count). The van der Waals surface area contributed by atoms with Crippen molar-refractivity contribution in [3.63, 3.8) is 0 Å². The lowest BCUT2D eigenvalue weighted by atomic mass is 9.45. The molecule has 6 aromatic rings. The van der Waals surface area contributed by atoms with Crippen LogP contribution in [0, 0.1) is 6.92 Å². The second kappa shape index (κ2) is 6.21. The summed E-state index contributed by atoms with van der Waals surface area (Å²) in [4.78, 5) is 5.19. The average molecular weight is 462 g/mol. The third-order valence-electron chi connectivity index (χ3n) is 7.97. The number of benzene rings is 5. The fraction of sp³-hybridized carbons (Fsp3) is 0.0323. The number of rotatable bonds is 0. The monoisotopic (exact) mass is 462 g/mol. The summed E-state index contributed by atoms with van der Waals surface area (Å²) in [7, 11) is 0. The quantitative estimate of drug-likeness (QED) is 0.225. The zero-order chi connectivity index (χ0) is 22.8. The van der Waals surface area contributed by atoms with Crippen LogP contribution in [0.15, 0.2) is 107 Å². The molecule has 35 heavy (non-hydrogen) atoms. The Bertz CT molecular complexity index is 1920. The van der Waals surface area contributed by atoms with Crippen LogP contribution in [0.3, 0.4) is 0 Å². The molecule has 0 bridgehead atoms. The molecule has 3 aliphatic heterocycles. The van der Waals surface area contributed by atoms with Crippen molar-refractivity contribution < 1.29 is 0 Å². The number of fused-ring (bicyclic) bond motifs is 9. The average Bonchev–Trinajstić information content (AvgIpc) is 3.23. The van der Waals surface area contributed by atoms with Gasteiger partial charge in [-0.3, -0.25) is 0 Å². The lowest BCUT2D eigenvalue weighted by molar-refractivity contribution is 1.16. The van der Waals surface area contributed by atoms with E-state index in [0.717, 1.165) is 0 Å². The van der Waals surface area contributed by atoms with Gasteiger partial charge in [0, 0.05) is 42.8 Å². The van der Waals surface area contributed by atoms with E-state index < -0.39 is 0 Å². The van der Waals surface area contributed by atoms with Crippen LogP contribution < -0.4 is 15.8 Å². The molecule has 4 heteroatoms. The van der Waals surface area contributed by atoms with E-state index in [-0.39, 0.29) is 6.85 Å². The van der Waals surface area contributed by atoms with Crippen LogP contribution in [0.2, 0.25) is 0 Å². The Morgan fingerprint density at radius 3 is 2.46 bits per heavy atom. The molecular weight excluding hydrogens is 443 g/mol. The Hall–Kier alpha value is -3.89. The fourth-order valence-corrected chi connectivity index (χ4v) is 7.83. The topological polar surface area (TPSA) is 8.17 Å². The van der Waals surface area contributed by atoms with Gasteiger partial charge in [0.15, 0.2) is 0 Å². The third-order valence-corrected chi connectivity index (χ3v) is 9.08. The van der Waals surface area contributed by atoms with E-state index in [1.54, 1.807) is 0 Å². The van der Waals surface area contributed by atoms with Crippen LogP contribution in [0.5, 0.6) is 0 Å². The van der Waals surface area contributed by atoms with Gasteiger partial charge in [-0.1, -0.05) is 78.5 Å². The molecule has 0 saturated carbocycles. The standard InChI is InChI=1S/C31H19BN2S/c1-18-16-22-21-10-6-9-20-19-8-2-3-12-24(19)34(30(20)21)32-23-11-7-15-28-31(23)33(26(17-18)29(22)32)25-13-4-5-14-27(25)35-28/h2-17H,1H3. The smallest absolute Gasteiger partial charge is 0.333 e. The largest absolute Gasteiger partial charge is 0.375 e. The SMILES string of the molecule is Cc1cc2c3c(c1)N1c4ccccc4Sc4cccc(c41)B3n1c3ccccc3c3cccc-2c31. The van der Waals surface area contributed by atoms with Gasteiger partial charge in [0.1, 0.15) is 0 Å². The molecule has 0 saturated heterocycles. The van der Waals surface area contributed by atoms with Crippen molar-refractivity contribution in [1.82, 2.24) is 4.48 Å². The second-order valence-corrected chi connectivity index (χ2v) is 10.9. The van der Waals surface area contributed by atoms with E-state index in [1.165, 1.54) is 76.3 Å². The molecule has 0 unspecified atom stereocenters. The number of hydrogen-bond donors (Lipinski definition) is 0. The summed E-state index contributed by atoms with van der Waals surface area (Å²) in [5, 5.41) is 2.68. The second-order valence-electron chi connectivity index (χ2n) is 9.84. The van der Waals surface area contributed by atoms with E-state index in [4.69, 9.17) is 0 Å². The number of nitrogens with zero attached hydrogens (tertiary/aromatic N) is 2. The molecule has 162 valence electrons. The van der Waals surface area contributed by atoms with Gasteiger partial charge in [-0.25, -0.2) is 0 Å². The Balaban J connectivity index is 1.52. The van der Waals surface area contributed by atoms with Crippen molar-refractivity contribution in [3.8, 4) is 11.1 Å². The first-order valence-electron chi connectivity index (χ1n) is 12.2. The number of aromatic nitrogens is 1. The maximum atomic E-state index is 2.62. The Labute approximate surface area is 207 Å². The first-order chi connectivity index (χ1) is 17.3. The number of para-hydroxylation sites is 4. The van der Waals surface area contributed by atoms with Gasteiger partial charge < -0.3 is 9.38 Å². The minimum atomic E-state index is 0.148. The van der Waals surface area contributed by atoms with Crippen LogP contribution in [0.4, 0.5) is 17.1 Å². The summed E-state index contributed by atoms with van der Waals surface area (Å²) in [5.41, 5.74) is 13.4. The molecule has 3 aliphatic rings. The first-order valence-corrected chi connectivity index (χ1v) is 13.0. The molecule has 0 spiro atoms. The number of aryl methyl sites for hydroxylation is 1. The van der Waals surface area contributed by atoms with Crippen LogP contribution in [0.25, 0.3) is 32.9 Å². The zero-order valence-corrected chi connectivity index (χ0v) is 19.9. The number of anilines is 3. The molecule has 0 atom stereocenters. The van der Waals surface area contributed by atoms with Crippen LogP contribution >= 0.6 is 11.8 Å². The Morgan fingerprint density at radius 1 is 0.686 bits per heavy atom. The highest BCUT2D eigenvalue weighted by Crippen LogP contribution is 2.53. The lowest BCUT2D eigenvalue weighted by Gasteiger charge is -2.43. The highest BCUT2D eigenvalue weighted by atomic mass is 32.2.